The maximum Gasteiger partial charge on any atom is 0.123 e. The van der Waals surface area contributed by atoms with Crippen LogP contribution in [0, 0.1) is 5.82 Å². The Balaban J connectivity index is 1.95. The summed E-state index contributed by atoms with van der Waals surface area (Å²) in [6, 6.07) is 7.51. The second-order valence-corrected chi connectivity index (χ2v) is 6.33. The van der Waals surface area contributed by atoms with Gasteiger partial charge in [0.2, 0.25) is 0 Å². The van der Waals surface area contributed by atoms with Crippen LogP contribution in [-0.4, -0.2) is 18.6 Å². The third-order valence-corrected chi connectivity index (χ3v) is 4.25. The van der Waals surface area contributed by atoms with Gasteiger partial charge in [-0.15, -0.1) is 0 Å². The lowest BCUT2D eigenvalue weighted by atomic mass is 9.83. The first-order valence-corrected chi connectivity index (χ1v) is 7.24. The predicted molar refractivity (Wildman–Crippen MR) is 77.7 cm³/mol. The lowest BCUT2D eigenvalue weighted by Crippen LogP contribution is -2.50. The molecule has 0 amide bonds. The minimum atomic E-state index is -0.179. The van der Waals surface area contributed by atoms with Gasteiger partial charge in [-0.25, -0.2) is 4.39 Å². The molecule has 1 aromatic rings. The van der Waals surface area contributed by atoms with Gasteiger partial charge in [0, 0.05) is 24.0 Å². The zero-order chi connectivity index (χ0) is 13.9. The maximum absolute atomic E-state index is 13.0. The Morgan fingerprint density at radius 1 is 1.21 bits per heavy atom. The van der Waals surface area contributed by atoms with Crippen molar-refractivity contribution in [1.82, 2.24) is 5.32 Å². The lowest BCUT2D eigenvalue weighted by molar-refractivity contribution is 0.306. The van der Waals surface area contributed by atoms with E-state index in [1.807, 2.05) is 12.1 Å². The monoisotopic (exact) mass is 264 g/mol. The van der Waals surface area contributed by atoms with E-state index in [1.54, 1.807) is 0 Å². The molecule has 0 heterocycles. The van der Waals surface area contributed by atoms with Crippen molar-refractivity contribution in [2.24, 2.45) is 5.73 Å². The van der Waals surface area contributed by atoms with Gasteiger partial charge in [0.05, 0.1) is 0 Å². The van der Waals surface area contributed by atoms with Crippen LogP contribution in [-0.2, 0) is 5.41 Å². The standard InChI is InChI=1S/C16H25FN2/c1-16(2,12-7-9-13(17)10-8-12)11-19-15-6-4-3-5-14(15)18/h7-10,14-15,19H,3-6,11,18H2,1-2H3. The van der Waals surface area contributed by atoms with E-state index in [-0.39, 0.29) is 17.3 Å². The fourth-order valence-electron chi connectivity index (χ4n) is 2.80. The molecule has 0 radical (unpaired) electrons. The minimum absolute atomic E-state index is 0.00906. The highest BCUT2D eigenvalue weighted by Gasteiger charge is 2.26. The Bertz CT molecular complexity index is 400. The van der Waals surface area contributed by atoms with Gasteiger partial charge in [0.15, 0.2) is 0 Å². The van der Waals surface area contributed by atoms with E-state index in [0.29, 0.717) is 6.04 Å². The topological polar surface area (TPSA) is 38.0 Å². The highest BCUT2D eigenvalue weighted by Crippen LogP contribution is 2.24. The maximum atomic E-state index is 13.0. The molecule has 106 valence electrons. The second kappa shape index (κ2) is 6.02. The molecule has 2 atom stereocenters. The van der Waals surface area contributed by atoms with Crippen molar-refractivity contribution >= 4 is 0 Å². The zero-order valence-corrected chi connectivity index (χ0v) is 12.0. The van der Waals surface area contributed by atoms with Crippen molar-refractivity contribution in [3.63, 3.8) is 0 Å². The van der Waals surface area contributed by atoms with Gasteiger partial charge in [0.1, 0.15) is 5.82 Å². The van der Waals surface area contributed by atoms with Crippen LogP contribution in [0.2, 0.25) is 0 Å². The fourth-order valence-corrected chi connectivity index (χ4v) is 2.80. The van der Waals surface area contributed by atoms with Crippen molar-refractivity contribution in [1.29, 1.82) is 0 Å². The zero-order valence-electron chi connectivity index (χ0n) is 12.0. The van der Waals surface area contributed by atoms with Gasteiger partial charge >= 0.3 is 0 Å². The third-order valence-electron chi connectivity index (χ3n) is 4.25. The molecular weight excluding hydrogens is 239 g/mol. The number of hydrogen-bond acceptors (Lipinski definition) is 2. The van der Waals surface area contributed by atoms with Gasteiger partial charge in [-0.2, -0.15) is 0 Å². The molecule has 0 bridgehead atoms. The molecule has 2 nitrogen and oxygen atoms in total. The van der Waals surface area contributed by atoms with E-state index in [4.69, 9.17) is 5.73 Å². The van der Waals surface area contributed by atoms with Gasteiger partial charge in [-0.05, 0) is 30.5 Å². The summed E-state index contributed by atoms with van der Waals surface area (Å²) in [5, 5.41) is 3.61. The summed E-state index contributed by atoms with van der Waals surface area (Å²) in [4.78, 5) is 0. The minimum Gasteiger partial charge on any atom is -0.326 e. The quantitative estimate of drug-likeness (QED) is 0.877. The lowest BCUT2D eigenvalue weighted by Gasteiger charge is -2.34. The SMILES string of the molecule is CC(C)(CNC1CCCCC1N)c1ccc(F)cc1. The number of rotatable bonds is 4. The first-order chi connectivity index (χ1) is 8.99. The van der Waals surface area contributed by atoms with E-state index in [1.165, 1.54) is 31.4 Å². The van der Waals surface area contributed by atoms with Crippen molar-refractivity contribution in [2.45, 2.75) is 57.0 Å². The molecule has 3 heteroatoms. The number of benzene rings is 1. The molecule has 0 aromatic heterocycles. The average molecular weight is 264 g/mol. The van der Waals surface area contributed by atoms with Crippen LogP contribution in [0.3, 0.4) is 0 Å². The summed E-state index contributed by atoms with van der Waals surface area (Å²) in [7, 11) is 0. The second-order valence-electron chi connectivity index (χ2n) is 6.33. The molecule has 1 aromatic carbocycles. The summed E-state index contributed by atoms with van der Waals surface area (Å²) in [5.41, 5.74) is 7.30. The molecule has 1 fully saturated rings. The van der Waals surface area contributed by atoms with Crippen LogP contribution in [0.5, 0.6) is 0 Å². The van der Waals surface area contributed by atoms with E-state index in [9.17, 15) is 4.39 Å². The van der Waals surface area contributed by atoms with Gasteiger partial charge < -0.3 is 11.1 Å². The van der Waals surface area contributed by atoms with E-state index < -0.39 is 0 Å². The summed E-state index contributed by atoms with van der Waals surface area (Å²) < 4.78 is 13.0. The Hall–Kier alpha value is -0.930. The molecule has 1 aliphatic carbocycles. The number of nitrogens with two attached hydrogens (primary N) is 1. The summed E-state index contributed by atoms with van der Waals surface area (Å²) in [6.45, 7) is 5.24. The van der Waals surface area contributed by atoms with Crippen LogP contribution in [0.1, 0.15) is 45.1 Å². The largest absolute Gasteiger partial charge is 0.326 e. The van der Waals surface area contributed by atoms with Crippen LogP contribution in [0.25, 0.3) is 0 Å². The summed E-state index contributed by atoms with van der Waals surface area (Å²) in [5.74, 6) is -0.179. The Labute approximate surface area is 115 Å². The third kappa shape index (κ3) is 3.77. The highest BCUT2D eigenvalue weighted by atomic mass is 19.1. The molecule has 3 N–H and O–H groups in total. The van der Waals surface area contributed by atoms with Crippen LogP contribution in [0.4, 0.5) is 4.39 Å². The van der Waals surface area contributed by atoms with Gasteiger partial charge in [-0.3, -0.25) is 0 Å². The normalized spacial score (nSPS) is 24.4. The molecular formula is C16H25FN2. The Morgan fingerprint density at radius 3 is 2.47 bits per heavy atom. The molecule has 1 aliphatic rings. The smallest absolute Gasteiger partial charge is 0.123 e. The number of nitrogens with one attached hydrogen (secondary N) is 1. The molecule has 19 heavy (non-hydrogen) atoms. The average Bonchev–Trinajstić information content (AvgIpc) is 2.38. The van der Waals surface area contributed by atoms with Crippen molar-refractivity contribution in [3.8, 4) is 0 Å². The number of hydrogen-bond donors (Lipinski definition) is 2. The van der Waals surface area contributed by atoms with Gasteiger partial charge in [-0.1, -0.05) is 38.8 Å². The van der Waals surface area contributed by atoms with E-state index in [0.717, 1.165) is 18.5 Å². The summed E-state index contributed by atoms with van der Waals surface area (Å²) >= 11 is 0. The Kier molecular flexibility index (Phi) is 4.58. The molecule has 2 rings (SSSR count). The van der Waals surface area contributed by atoms with Gasteiger partial charge in [0.25, 0.3) is 0 Å². The molecule has 2 unspecified atom stereocenters. The molecule has 0 saturated heterocycles. The van der Waals surface area contributed by atoms with Crippen molar-refractivity contribution < 1.29 is 4.39 Å². The van der Waals surface area contributed by atoms with Crippen LogP contribution in [0.15, 0.2) is 24.3 Å². The first-order valence-electron chi connectivity index (χ1n) is 7.24. The first kappa shape index (κ1) is 14.5. The van der Waals surface area contributed by atoms with Crippen molar-refractivity contribution in [2.75, 3.05) is 6.54 Å². The number of halogens is 1. The van der Waals surface area contributed by atoms with E-state index in [2.05, 4.69) is 19.2 Å². The fraction of sp³-hybridized carbons (Fsp3) is 0.625. The molecule has 0 spiro atoms. The van der Waals surface area contributed by atoms with Crippen molar-refractivity contribution in [3.05, 3.63) is 35.6 Å². The molecule has 0 aliphatic heterocycles. The molecule has 1 saturated carbocycles. The Morgan fingerprint density at radius 2 is 1.84 bits per heavy atom. The highest BCUT2D eigenvalue weighted by molar-refractivity contribution is 5.24. The van der Waals surface area contributed by atoms with Crippen LogP contribution < -0.4 is 11.1 Å². The van der Waals surface area contributed by atoms with Crippen LogP contribution >= 0.6 is 0 Å². The van der Waals surface area contributed by atoms with E-state index >= 15 is 0 Å². The summed E-state index contributed by atoms with van der Waals surface area (Å²) in [6.07, 6.45) is 4.80. The predicted octanol–water partition coefficient (Wildman–Crippen LogP) is 2.96.